The van der Waals surface area contributed by atoms with Crippen molar-refractivity contribution in [3.8, 4) is 11.5 Å². The van der Waals surface area contributed by atoms with Gasteiger partial charge in [-0.15, -0.1) is 0 Å². The summed E-state index contributed by atoms with van der Waals surface area (Å²) < 4.78 is 11.1. The van der Waals surface area contributed by atoms with Crippen LogP contribution in [0.5, 0.6) is 11.5 Å². The molecule has 1 aliphatic rings. The zero-order valence-electron chi connectivity index (χ0n) is 14.6. The number of hydrogen-bond donors (Lipinski definition) is 1. The van der Waals surface area contributed by atoms with E-state index >= 15 is 0 Å². The average molecular weight is 395 g/mol. The Morgan fingerprint density at radius 2 is 1.88 bits per heavy atom. The van der Waals surface area contributed by atoms with Gasteiger partial charge in [0.25, 0.3) is 0 Å². The fourth-order valence-electron chi connectivity index (χ4n) is 2.64. The maximum Gasteiger partial charge on any atom is 0.241 e. The molecule has 1 atom stereocenters. The van der Waals surface area contributed by atoms with Crippen LogP contribution in [0.15, 0.2) is 36.4 Å². The van der Waals surface area contributed by atoms with Crippen molar-refractivity contribution in [2.24, 2.45) is 0 Å². The zero-order valence-corrected chi connectivity index (χ0v) is 16.1. The summed E-state index contributed by atoms with van der Waals surface area (Å²) in [6.45, 7) is 3.56. The van der Waals surface area contributed by atoms with Gasteiger partial charge in [-0.25, -0.2) is 0 Å². The van der Waals surface area contributed by atoms with Crippen molar-refractivity contribution in [3.05, 3.63) is 52.0 Å². The molecule has 0 saturated heterocycles. The Morgan fingerprint density at radius 1 is 1.15 bits per heavy atom. The Kier molecular flexibility index (Phi) is 5.91. The van der Waals surface area contributed by atoms with Gasteiger partial charge >= 0.3 is 0 Å². The van der Waals surface area contributed by atoms with E-state index in [2.05, 4.69) is 5.32 Å². The number of halogens is 2. The van der Waals surface area contributed by atoms with E-state index in [1.807, 2.05) is 37.1 Å². The molecule has 0 saturated carbocycles. The fraction of sp³-hybridized carbons (Fsp3) is 0.316. The lowest BCUT2D eigenvalue weighted by Crippen LogP contribution is -2.39. The van der Waals surface area contributed by atoms with Crippen LogP contribution in [0.2, 0.25) is 10.0 Å². The molecule has 0 radical (unpaired) electrons. The van der Waals surface area contributed by atoms with E-state index in [0.29, 0.717) is 35.5 Å². The number of hydrogen-bond acceptors (Lipinski definition) is 4. The summed E-state index contributed by atoms with van der Waals surface area (Å²) in [6.07, 6.45) is 0. The van der Waals surface area contributed by atoms with E-state index in [1.54, 1.807) is 18.2 Å². The quantitative estimate of drug-likeness (QED) is 0.824. The van der Waals surface area contributed by atoms with E-state index in [9.17, 15) is 4.79 Å². The minimum atomic E-state index is -0.352. The van der Waals surface area contributed by atoms with Crippen LogP contribution in [0, 0.1) is 0 Å². The first kappa shape index (κ1) is 18.8. The Labute approximate surface area is 162 Å². The summed E-state index contributed by atoms with van der Waals surface area (Å²) in [5, 5.41) is 3.77. The SMILES string of the molecule is C[C@H](C(=O)Nc1ccc(Cl)cc1Cl)N(C)Cc1ccc2c(c1)OCCO2. The van der Waals surface area contributed by atoms with E-state index in [1.165, 1.54) is 0 Å². The molecule has 2 aromatic rings. The molecule has 1 N–H and O–H groups in total. The maximum atomic E-state index is 12.5. The van der Waals surface area contributed by atoms with Gasteiger partial charge in [0.2, 0.25) is 5.91 Å². The predicted octanol–water partition coefficient (Wildman–Crippen LogP) is 4.22. The van der Waals surface area contributed by atoms with Crippen LogP contribution in [0.3, 0.4) is 0 Å². The molecule has 0 fully saturated rings. The smallest absolute Gasteiger partial charge is 0.241 e. The number of likely N-dealkylation sites (N-methyl/N-ethyl adjacent to an activating group) is 1. The van der Waals surface area contributed by atoms with Crippen LogP contribution in [-0.2, 0) is 11.3 Å². The van der Waals surface area contributed by atoms with Crippen LogP contribution in [0.4, 0.5) is 5.69 Å². The number of fused-ring (bicyclic) bond motifs is 1. The summed E-state index contributed by atoms with van der Waals surface area (Å²) in [4.78, 5) is 14.5. The highest BCUT2D eigenvalue weighted by Crippen LogP contribution is 2.31. The Morgan fingerprint density at radius 3 is 2.62 bits per heavy atom. The van der Waals surface area contributed by atoms with Gasteiger partial charge in [0, 0.05) is 11.6 Å². The van der Waals surface area contributed by atoms with Crippen LogP contribution in [0.25, 0.3) is 0 Å². The third-order valence-corrected chi connectivity index (χ3v) is 4.82. The van der Waals surface area contributed by atoms with Crippen molar-refractivity contribution >= 4 is 34.8 Å². The molecule has 5 nitrogen and oxygen atoms in total. The van der Waals surface area contributed by atoms with Crippen molar-refractivity contribution in [1.29, 1.82) is 0 Å². The number of nitrogens with one attached hydrogen (secondary N) is 1. The van der Waals surface area contributed by atoms with Crippen LogP contribution >= 0.6 is 23.2 Å². The molecule has 26 heavy (non-hydrogen) atoms. The van der Waals surface area contributed by atoms with Crippen molar-refractivity contribution in [2.45, 2.75) is 19.5 Å². The van der Waals surface area contributed by atoms with Gasteiger partial charge in [-0.05, 0) is 49.9 Å². The minimum Gasteiger partial charge on any atom is -0.486 e. The van der Waals surface area contributed by atoms with Crippen molar-refractivity contribution < 1.29 is 14.3 Å². The number of carbonyl (C=O) groups is 1. The number of amides is 1. The van der Waals surface area contributed by atoms with Crippen molar-refractivity contribution in [2.75, 3.05) is 25.6 Å². The molecule has 1 heterocycles. The van der Waals surface area contributed by atoms with Gasteiger partial charge < -0.3 is 14.8 Å². The van der Waals surface area contributed by atoms with Gasteiger partial charge in [0.05, 0.1) is 16.8 Å². The largest absolute Gasteiger partial charge is 0.486 e. The molecule has 0 aromatic heterocycles. The molecular weight excluding hydrogens is 375 g/mol. The Bertz CT molecular complexity index is 813. The topological polar surface area (TPSA) is 50.8 Å². The highest BCUT2D eigenvalue weighted by molar-refractivity contribution is 6.36. The molecule has 138 valence electrons. The van der Waals surface area contributed by atoms with Gasteiger partial charge in [-0.2, -0.15) is 0 Å². The molecule has 0 unspecified atom stereocenters. The van der Waals surface area contributed by atoms with Crippen LogP contribution in [-0.4, -0.2) is 37.1 Å². The van der Waals surface area contributed by atoms with Gasteiger partial charge in [0.1, 0.15) is 13.2 Å². The third-order valence-electron chi connectivity index (χ3n) is 4.27. The van der Waals surface area contributed by atoms with Crippen molar-refractivity contribution in [1.82, 2.24) is 4.90 Å². The molecule has 0 bridgehead atoms. The first-order chi connectivity index (χ1) is 12.4. The Hall–Kier alpha value is -1.95. The molecule has 1 amide bonds. The molecular formula is C19H20Cl2N2O3. The van der Waals surface area contributed by atoms with Gasteiger partial charge in [-0.1, -0.05) is 29.3 Å². The first-order valence-electron chi connectivity index (χ1n) is 8.28. The Balaban J connectivity index is 1.63. The van der Waals surface area contributed by atoms with E-state index in [-0.39, 0.29) is 11.9 Å². The summed E-state index contributed by atoms with van der Waals surface area (Å²) in [7, 11) is 1.89. The van der Waals surface area contributed by atoms with E-state index in [4.69, 9.17) is 32.7 Å². The monoisotopic (exact) mass is 394 g/mol. The number of ether oxygens (including phenoxy) is 2. The predicted molar refractivity (Wildman–Crippen MR) is 103 cm³/mol. The van der Waals surface area contributed by atoms with E-state index in [0.717, 1.165) is 17.1 Å². The third kappa shape index (κ3) is 4.41. The summed E-state index contributed by atoms with van der Waals surface area (Å²) >= 11 is 12.0. The molecule has 0 aliphatic carbocycles. The van der Waals surface area contributed by atoms with Gasteiger partial charge in [-0.3, -0.25) is 9.69 Å². The summed E-state index contributed by atoms with van der Waals surface area (Å²) in [5.41, 5.74) is 1.58. The fourth-order valence-corrected chi connectivity index (χ4v) is 3.09. The van der Waals surface area contributed by atoms with E-state index < -0.39 is 0 Å². The standard InChI is InChI=1S/C19H20Cl2N2O3/c1-12(19(24)22-16-5-4-14(20)10-15(16)21)23(2)11-13-3-6-17-18(9-13)26-8-7-25-17/h3-6,9-10,12H,7-8,11H2,1-2H3,(H,22,24)/t12-/m1/s1. The lowest BCUT2D eigenvalue weighted by Gasteiger charge is -2.25. The highest BCUT2D eigenvalue weighted by Gasteiger charge is 2.20. The van der Waals surface area contributed by atoms with Crippen LogP contribution < -0.4 is 14.8 Å². The molecule has 2 aromatic carbocycles. The maximum absolute atomic E-state index is 12.5. The minimum absolute atomic E-state index is 0.144. The molecule has 7 heteroatoms. The first-order valence-corrected chi connectivity index (χ1v) is 9.04. The lowest BCUT2D eigenvalue weighted by atomic mass is 10.1. The van der Waals surface area contributed by atoms with Gasteiger partial charge in [0.15, 0.2) is 11.5 Å². The zero-order chi connectivity index (χ0) is 18.7. The summed E-state index contributed by atoms with van der Waals surface area (Å²) in [5.74, 6) is 1.35. The average Bonchev–Trinajstić information content (AvgIpc) is 2.63. The second-order valence-corrected chi connectivity index (χ2v) is 7.03. The molecule has 3 rings (SSSR count). The highest BCUT2D eigenvalue weighted by atomic mass is 35.5. The number of benzene rings is 2. The lowest BCUT2D eigenvalue weighted by molar-refractivity contribution is -0.120. The second-order valence-electron chi connectivity index (χ2n) is 6.18. The number of carbonyl (C=O) groups excluding carboxylic acids is 1. The number of rotatable bonds is 5. The summed E-state index contributed by atoms with van der Waals surface area (Å²) in [6, 6.07) is 10.5. The molecule has 1 aliphatic heterocycles. The van der Waals surface area contributed by atoms with Crippen molar-refractivity contribution in [3.63, 3.8) is 0 Å². The second kappa shape index (κ2) is 8.16. The number of nitrogens with zero attached hydrogens (tertiary/aromatic N) is 1. The normalized spacial score (nSPS) is 14.2. The number of anilines is 1. The van der Waals surface area contributed by atoms with Crippen LogP contribution in [0.1, 0.15) is 12.5 Å². The molecule has 0 spiro atoms.